The van der Waals surface area contributed by atoms with E-state index in [1.54, 1.807) is 0 Å². The number of fused-ring (bicyclic) bond motifs is 1. The van der Waals surface area contributed by atoms with Crippen molar-refractivity contribution in [2.24, 2.45) is 0 Å². The summed E-state index contributed by atoms with van der Waals surface area (Å²) >= 11 is 0. The molecular weight excluding hydrogens is 190 g/mol. The van der Waals surface area contributed by atoms with Crippen LogP contribution in [0.3, 0.4) is 0 Å². The van der Waals surface area contributed by atoms with Crippen molar-refractivity contribution in [1.82, 2.24) is 25.1 Å². The molecule has 0 amide bonds. The standard InChI is InChI=1S/C10H9N5/c1-6-11-10(15-14-6)9-12-7-4-2-3-5-8(7)13-9/h2-5H,1H3,(H,12,13)(H,11,14,15). The van der Waals surface area contributed by atoms with Gasteiger partial charge in [-0.3, -0.25) is 5.10 Å². The van der Waals surface area contributed by atoms with Gasteiger partial charge in [-0.1, -0.05) is 12.1 Å². The molecule has 0 saturated heterocycles. The lowest BCUT2D eigenvalue weighted by Gasteiger charge is -1.83. The van der Waals surface area contributed by atoms with Gasteiger partial charge >= 0.3 is 0 Å². The van der Waals surface area contributed by atoms with Gasteiger partial charge in [-0.25, -0.2) is 9.97 Å². The summed E-state index contributed by atoms with van der Waals surface area (Å²) in [4.78, 5) is 11.8. The number of hydrogen-bond donors (Lipinski definition) is 2. The summed E-state index contributed by atoms with van der Waals surface area (Å²) in [5.41, 5.74) is 1.92. The molecule has 0 aliphatic rings. The van der Waals surface area contributed by atoms with Crippen LogP contribution in [0.4, 0.5) is 0 Å². The van der Waals surface area contributed by atoms with Crippen LogP contribution in [-0.2, 0) is 0 Å². The Morgan fingerprint density at radius 3 is 2.73 bits per heavy atom. The molecule has 0 unspecified atom stereocenters. The first-order valence-corrected chi connectivity index (χ1v) is 4.67. The third-order valence-corrected chi connectivity index (χ3v) is 2.20. The lowest BCUT2D eigenvalue weighted by molar-refractivity contribution is 1.04. The maximum absolute atomic E-state index is 4.40. The van der Waals surface area contributed by atoms with Crippen molar-refractivity contribution in [3.63, 3.8) is 0 Å². The SMILES string of the molecule is Cc1nc(-c2nc3ccccc3[nH]2)n[nH]1. The van der Waals surface area contributed by atoms with Gasteiger partial charge in [0.05, 0.1) is 11.0 Å². The van der Waals surface area contributed by atoms with Gasteiger partial charge in [-0.15, -0.1) is 0 Å². The Labute approximate surface area is 85.6 Å². The van der Waals surface area contributed by atoms with E-state index in [1.165, 1.54) is 0 Å². The minimum Gasteiger partial charge on any atom is -0.335 e. The second-order valence-electron chi connectivity index (χ2n) is 3.35. The number of hydrogen-bond acceptors (Lipinski definition) is 3. The Morgan fingerprint density at radius 1 is 1.13 bits per heavy atom. The molecule has 0 fully saturated rings. The molecule has 74 valence electrons. The molecule has 2 N–H and O–H groups in total. The van der Waals surface area contributed by atoms with Gasteiger partial charge in [0, 0.05) is 0 Å². The monoisotopic (exact) mass is 199 g/mol. The van der Waals surface area contributed by atoms with Gasteiger partial charge in [0.15, 0.2) is 5.82 Å². The molecule has 5 heteroatoms. The van der Waals surface area contributed by atoms with E-state index in [1.807, 2.05) is 31.2 Å². The molecule has 3 aromatic rings. The average molecular weight is 199 g/mol. The lowest BCUT2D eigenvalue weighted by atomic mass is 10.3. The molecule has 2 aromatic heterocycles. The number of nitrogens with one attached hydrogen (secondary N) is 2. The molecule has 0 radical (unpaired) electrons. The number of aryl methyl sites for hydroxylation is 1. The van der Waals surface area contributed by atoms with Crippen LogP contribution in [0.2, 0.25) is 0 Å². The Morgan fingerprint density at radius 2 is 2.00 bits per heavy atom. The Balaban J connectivity index is 2.19. The van der Waals surface area contributed by atoms with Crippen molar-refractivity contribution in [1.29, 1.82) is 0 Å². The van der Waals surface area contributed by atoms with Crippen LogP contribution in [0.5, 0.6) is 0 Å². The number of aromatic amines is 2. The van der Waals surface area contributed by atoms with Gasteiger partial charge in [-0.2, -0.15) is 5.10 Å². The summed E-state index contributed by atoms with van der Waals surface area (Å²) in [6, 6.07) is 7.85. The van der Waals surface area contributed by atoms with E-state index < -0.39 is 0 Å². The van der Waals surface area contributed by atoms with E-state index in [0.29, 0.717) is 11.6 Å². The van der Waals surface area contributed by atoms with E-state index in [4.69, 9.17) is 0 Å². The molecule has 0 spiro atoms. The maximum Gasteiger partial charge on any atom is 0.217 e. The Kier molecular flexibility index (Phi) is 1.58. The smallest absolute Gasteiger partial charge is 0.217 e. The lowest BCUT2D eigenvalue weighted by Crippen LogP contribution is -1.82. The zero-order valence-electron chi connectivity index (χ0n) is 8.15. The van der Waals surface area contributed by atoms with E-state index >= 15 is 0 Å². The molecule has 0 bridgehead atoms. The summed E-state index contributed by atoms with van der Waals surface area (Å²) in [5, 5.41) is 6.84. The highest BCUT2D eigenvalue weighted by molar-refractivity contribution is 5.77. The molecule has 5 nitrogen and oxygen atoms in total. The van der Waals surface area contributed by atoms with Gasteiger partial charge in [0.1, 0.15) is 5.82 Å². The molecule has 15 heavy (non-hydrogen) atoms. The van der Waals surface area contributed by atoms with Crippen molar-refractivity contribution < 1.29 is 0 Å². The summed E-state index contributed by atoms with van der Waals surface area (Å²) in [6.07, 6.45) is 0. The highest BCUT2D eigenvalue weighted by Crippen LogP contribution is 2.16. The Bertz CT molecular complexity index is 574. The summed E-state index contributed by atoms with van der Waals surface area (Å²) in [6.45, 7) is 1.86. The number of benzene rings is 1. The van der Waals surface area contributed by atoms with Crippen LogP contribution in [0.15, 0.2) is 24.3 Å². The molecule has 0 aliphatic carbocycles. The van der Waals surface area contributed by atoms with Crippen molar-refractivity contribution >= 4 is 11.0 Å². The minimum absolute atomic E-state index is 0.601. The number of aromatic nitrogens is 5. The predicted molar refractivity (Wildman–Crippen MR) is 56.2 cm³/mol. The van der Waals surface area contributed by atoms with Crippen LogP contribution >= 0.6 is 0 Å². The first kappa shape index (κ1) is 8.16. The maximum atomic E-state index is 4.40. The van der Waals surface area contributed by atoms with Crippen LogP contribution in [0.1, 0.15) is 5.82 Å². The topological polar surface area (TPSA) is 70.2 Å². The van der Waals surface area contributed by atoms with Gasteiger partial charge < -0.3 is 4.98 Å². The summed E-state index contributed by atoms with van der Waals surface area (Å²) in [7, 11) is 0. The fraction of sp³-hybridized carbons (Fsp3) is 0.100. The zero-order chi connectivity index (χ0) is 10.3. The molecular formula is C10H9N5. The number of H-pyrrole nitrogens is 2. The quantitative estimate of drug-likeness (QED) is 0.626. The van der Waals surface area contributed by atoms with Gasteiger partial charge in [-0.05, 0) is 19.1 Å². The van der Waals surface area contributed by atoms with Crippen molar-refractivity contribution in [2.75, 3.05) is 0 Å². The molecule has 0 atom stereocenters. The first-order valence-electron chi connectivity index (χ1n) is 4.67. The largest absolute Gasteiger partial charge is 0.335 e. The third-order valence-electron chi connectivity index (χ3n) is 2.20. The van der Waals surface area contributed by atoms with Crippen molar-refractivity contribution in [3.05, 3.63) is 30.1 Å². The van der Waals surface area contributed by atoms with Crippen LogP contribution < -0.4 is 0 Å². The normalized spacial score (nSPS) is 11.0. The van der Waals surface area contributed by atoms with Crippen LogP contribution in [0.25, 0.3) is 22.7 Å². The van der Waals surface area contributed by atoms with Gasteiger partial charge in [0.25, 0.3) is 0 Å². The molecule has 2 heterocycles. The van der Waals surface area contributed by atoms with Crippen LogP contribution in [0, 0.1) is 6.92 Å². The second kappa shape index (κ2) is 2.91. The zero-order valence-corrected chi connectivity index (χ0v) is 8.15. The van der Waals surface area contributed by atoms with E-state index in [-0.39, 0.29) is 0 Å². The molecule has 3 rings (SSSR count). The predicted octanol–water partition coefficient (Wildman–Crippen LogP) is 1.66. The number of nitrogens with zero attached hydrogens (tertiary/aromatic N) is 3. The first-order chi connectivity index (χ1) is 7.33. The van der Waals surface area contributed by atoms with Gasteiger partial charge in [0.2, 0.25) is 5.82 Å². The van der Waals surface area contributed by atoms with E-state index in [2.05, 4.69) is 25.1 Å². The molecule has 0 aliphatic heterocycles. The number of imidazole rings is 1. The highest BCUT2D eigenvalue weighted by Gasteiger charge is 2.08. The van der Waals surface area contributed by atoms with Crippen molar-refractivity contribution in [3.8, 4) is 11.6 Å². The highest BCUT2D eigenvalue weighted by atomic mass is 15.2. The molecule has 1 aromatic carbocycles. The van der Waals surface area contributed by atoms with E-state index in [0.717, 1.165) is 16.9 Å². The average Bonchev–Trinajstić information content (AvgIpc) is 2.82. The minimum atomic E-state index is 0.601. The number of rotatable bonds is 1. The second-order valence-corrected chi connectivity index (χ2v) is 3.35. The van der Waals surface area contributed by atoms with Crippen molar-refractivity contribution in [2.45, 2.75) is 6.92 Å². The fourth-order valence-electron chi connectivity index (χ4n) is 1.51. The van der Waals surface area contributed by atoms with E-state index in [9.17, 15) is 0 Å². The Hall–Kier alpha value is -2.17. The third kappa shape index (κ3) is 1.28. The van der Waals surface area contributed by atoms with Crippen LogP contribution in [-0.4, -0.2) is 25.1 Å². The molecule has 0 saturated carbocycles. The number of para-hydroxylation sites is 2. The summed E-state index contributed by atoms with van der Waals surface area (Å²) in [5.74, 6) is 2.08. The fourth-order valence-corrected chi connectivity index (χ4v) is 1.51. The summed E-state index contributed by atoms with van der Waals surface area (Å²) < 4.78 is 0.